The number of likely N-dealkylation sites (tertiary alicyclic amines) is 1. The third kappa shape index (κ3) is 4.68. The highest BCUT2D eigenvalue weighted by Gasteiger charge is 2.28. The van der Waals surface area contributed by atoms with E-state index in [0.717, 1.165) is 35.5 Å². The molecule has 31 heavy (non-hydrogen) atoms. The van der Waals surface area contributed by atoms with Crippen molar-refractivity contribution in [2.24, 2.45) is 7.05 Å². The third-order valence-corrected chi connectivity index (χ3v) is 5.36. The molecule has 1 aliphatic heterocycles. The first-order chi connectivity index (χ1) is 14.9. The van der Waals surface area contributed by atoms with E-state index in [9.17, 15) is 4.79 Å². The van der Waals surface area contributed by atoms with Gasteiger partial charge in [-0.3, -0.25) is 9.48 Å². The fraction of sp³-hybridized carbons (Fsp3) is 0.391. The van der Waals surface area contributed by atoms with E-state index in [-0.39, 0.29) is 12.0 Å². The molecule has 0 spiro atoms. The van der Waals surface area contributed by atoms with Crippen LogP contribution in [0.15, 0.2) is 36.4 Å². The van der Waals surface area contributed by atoms with E-state index in [1.807, 2.05) is 55.1 Å². The Hall–Kier alpha value is -3.42. The van der Waals surface area contributed by atoms with Crippen LogP contribution >= 0.6 is 0 Å². The molecule has 1 atom stereocenters. The summed E-state index contributed by atoms with van der Waals surface area (Å²) in [6.45, 7) is 4.97. The Morgan fingerprint density at radius 3 is 2.77 bits per heavy atom. The topological polar surface area (TPSA) is 82.4 Å². The van der Waals surface area contributed by atoms with Gasteiger partial charge in [-0.05, 0) is 44.9 Å². The highest BCUT2D eigenvalue weighted by molar-refractivity contribution is 5.93. The molecule has 162 valence electrons. The molecule has 3 aromatic rings. The van der Waals surface area contributed by atoms with Crippen LogP contribution in [0.4, 0.5) is 0 Å². The minimum Gasteiger partial charge on any atom is -0.497 e. The summed E-state index contributed by atoms with van der Waals surface area (Å²) in [7, 11) is 3.42. The highest BCUT2D eigenvalue weighted by Crippen LogP contribution is 2.25. The molecule has 1 aromatic carbocycles. The van der Waals surface area contributed by atoms with E-state index in [1.54, 1.807) is 18.8 Å². The van der Waals surface area contributed by atoms with Crippen molar-refractivity contribution >= 4 is 5.91 Å². The number of amides is 1. The van der Waals surface area contributed by atoms with Crippen molar-refractivity contribution in [2.75, 3.05) is 20.2 Å². The van der Waals surface area contributed by atoms with Gasteiger partial charge in [0.25, 0.3) is 5.91 Å². The molecule has 1 fully saturated rings. The summed E-state index contributed by atoms with van der Waals surface area (Å²) in [4.78, 5) is 23.7. The normalized spacial score (nSPS) is 16.3. The number of rotatable bonds is 5. The van der Waals surface area contributed by atoms with Crippen molar-refractivity contribution in [3.63, 3.8) is 0 Å². The van der Waals surface area contributed by atoms with Crippen molar-refractivity contribution in [1.82, 2.24) is 24.6 Å². The minimum atomic E-state index is -0.0996. The summed E-state index contributed by atoms with van der Waals surface area (Å²) in [5.41, 5.74) is 3.06. The van der Waals surface area contributed by atoms with Gasteiger partial charge in [0.15, 0.2) is 0 Å². The average Bonchev–Trinajstić information content (AvgIpc) is 3.14. The molecule has 0 saturated carbocycles. The average molecular weight is 422 g/mol. The Bertz CT molecular complexity index is 1070. The van der Waals surface area contributed by atoms with E-state index >= 15 is 0 Å². The Balaban J connectivity index is 1.49. The molecule has 1 amide bonds. The van der Waals surface area contributed by atoms with E-state index < -0.39 is 0 Å². The number of methoxy groups -OCH3 is 1. The second kappa shape index (κ2) is 8.75. The van der Waals surface area contributed by atoms with Crippen LogP contribution in [-0.2, 0) is 7.05 Å². The summed E-state index contributed by atoms with van der Waals surface area (Å²) >= 11 is 0. The Morgan fingerprint density at radius 1 is 1.16 bits per heavy atom. The number of aryl methyl sites for hydroxylation is 3. The zero-order chi connectivity index (χ0) is 22.0. The van der Waals surface area contributed by atoms with Gasteiger partial charge >= 0.3 is 0 Å². The van der Waals surface area contributed by atoms with Gasteiger partial charge in [-0.2, -0.15) is 10.1 Å². The number of nitrogens with zero attached hydrogens (tertiary/aromatic N) is 5. The maximum atomic E-state index is 13.3. The summed E-state index contributed by atoms with van der Waals surface area (Å²) in [6, 6.07) is 11.3. The molecular formula is C23H27N5O3. The van der Waals surface area contributed by atoms with E-state index in [0.29, 0.717) is 30.5 Å². The summed E-state index contributed by atoms with van der Waals surface area (Å²) in [5.74, 6) is 1.94. The molecule has 0 bridgehead atoms. The predicted molar refractivity (Wildman–Crippen MR) is 116 cm³/mol. The first-order valence-electron chi connectivity index (χ1n) is 10.4. The summed E-state index contributed by atoms with van der Waals surface area (Å²) in [5, 5.41) is 4.54. The lowest BCUT2D eigenvalue weighted by atomic mass is 10.1. The number of benzene rings is 1. The molecule has 1 aliphatic rings. The summed E-state index contributed by atoms with van der Waals surface area (Å²) in [6.07, 6.45) is 1.66. The highest BCUT2D eigenvalue weighted by atomic mass is 16.5. The fourth-order valence-corrected chi connectivity index (χ4v) is 3.89. The van der Waals surface area contributed by atoms with Crippen LogP contribution < -0.4 is 9.47 Å². The van der Waals surface area contributed by atoms with Gasteiger partial charge in [-0.1, -0.05) is 12.1 Å². The predicted octanol–water partition coefficient (Wildman–Crippen LogP) is 3.19. The smallest absolute Gasteiger partial charge is 0.272 e. The lowest BCUT2D eigenvalue weighted by Crippen LogP contribution is -2.45. The lowest BCUT2D eigenvalue weighted by Gasteiger charge is -2.32. The largest absolute Gasteiger partial charge is 0.497 e. The first kappa shape index (κ1) is 20.8. The van der Waals surface area contributed by atoms with Crippen LogP contribution in [-0.4, -0.2) is 56.9 Å². The molecule has 1 saturated heterocycles. The molecule has 0 N–H and O–H groups in total. The lowest BCUT2D eigenvalue weighted by molar-refractivity contribution is 0.0517. The molecular weight excluding hydrogens is 394 g/mol. The SMILES string of the molecule is COc1cccc(-c2cc(C(=O)N3CCCC(Oc4cc(C)nc(C)n4)C3)n(C)n2)c1. The van der Waals surface area contributed by atoms with E-state index in [4.69, 9.17) is 9.47 Å². The molecule has 8 nitrogen and oxygen atoms in total. The van der Waals surface area contributed by atoms with Gasteiger partial charge in [-0.25, -0.2) is 4.98 Å². The molecule has 4 rings (SSSR count). The van der Waals surface area contributed by atoms with Gasteiger partial charge < -0.3 is 14.4 Å². The molecule has 8 heteroatoms. The van der Waals surface area contributed by atoms with Crippen LogP contribution in [0.25, 0.3) is 11.3 Å². The van der Waals surface area contributed by atoms with Gasteiger partial charge in [-0.15, -0.1) is 0 Å². The van der Waals surface area contributed by atoms with Crippen molar-refractivity contribution in [3.05, 3.63) is 53.6 Å². The van der Waals surface area contributed by atoms with Gasteiger partial charge in [0.05, 0.1) is 19.3 Å². The van der Waals surface area contributed by atoms with Crippen LogP contribution in [0.1, 0.15) is 34.8 Å². The summed E-state index contributed by atoms with van der Waals surface area (Å²) < 4.78 is 13.0. The quantitative estimate of drug-likeness (QED) is 0.629. The number of carbonyl (C=O) groups excluding carboxylic acids is 1. The number of hydrogen-bond donors (Lipinski definition) is 0. The van der Waals surface area contributed by atoms with Crippen LogP contribution in [0, 0.1) is 13.8 Å². The van der Waals surface area contributed by atoms with Crippen molar-refractivity contribution < 1.29 is 14.3 Å². The van der Waals surface area contributed by atoms with Gasteiger partial charge in [0, 0.05) is 30.9 Å². The number of aromatic nitrogens is 4. The second-order valence-corrected chi connectivity index (χ2v) is 7.80. The third-order valence-electron chi connectivity index (χ3n) is 5.36. The minimum absolute atomic E-state index is 0.0486. The number of hydrogen-bond acceptors (Lipinski definition) is 6. The Kier molecular flexibility index (Phi) is 5.88. The Labute approximate surface area is 181 Å². The monoisotopic (exact) mass is 421 g/mol. The van der Waals surface area contributed by atoms with Crippen molar-refractivity contribution in [1.29, 1.82) is 0 Å². The molecule has 0 radical (unpaired) electrons. The maximum Gasteiger partial charge on any atom is 0.272 e. The molecule has 3 heterocycles. The number of piperidine rings is 1. The second-order valence-electron chi connectivity index (χ2n) is 7.80. The van der Waals surface area contributed by atoms with Crippen molar-refractivity contribution in [3.8, 4) is 22.9 Å². The van der Waals surface area contributed by atoms with Gasteiger partial charge in [0.1, 0.15) is 23.4 Å². The Morgan fingerprint density at radius 2 is 2.00 bits per heavy atom. The molecule has 0 aliphatic carbocycles. The van der Waals surface area contributed by atoms with Crippen LogP contribution in [0.3, 0.4) is 0 Å². The standard InChI is InChI=1S/C23H27N5O3/c1-15-11-22(25-16(2)24-15)31-19-9-6-10-28(14-19)23(29)21-13-20(26-27(21)3)17-7-5-8-18(12-17)30-4/h5,7-8,11-13,19H,6,9-10,14H2,1-4H3. The number of carbonyl (C=O) groups is 1. The zero-order valence-electron chi connectivity index (χ0n) is 18.3. The molecule has 1 unspecified atom stereocenters. The zero-order valence-corrected chi connectivity index (χ0v) is 18.3. The first-order valence-corrected chi connectivity index (χ1v) is 10.4. The van der Waals surface area contributed by atoms with Crippen LogP contribution in [0.2, 0.25) is 0 Å². The van der Waals surface area contributed by atoms with Gasteiger partial charge in [0.2, 0.25) is 5.88 Å². The van der Waals surface area contributed by atoms with Crippen LogP contribution in [0.5, 0.6) is 11.6 Å². The maximum absolute atomic E-state index is 13.3. The van der Waals surface area contributed by atoms with Crippen molar-refractivity contribution in [2.45, 2.75) is 32.8 Å². The van der Waals surface area contributed by atoms with E-state index in [1.165, 1.54) is 0 Å². The number of ether oxygens (including phenoxy) is 2. The molecule has 2 aromatic heterocycles. The fourth-order valence-electron chi connectivity index (χ4n) is 3.89. The van der Waals surface area contributed by atoms with E-state index in [2.05, 4.69) is 15.1 Å².